The minimum absolute atomic E-state index is 0.0491. The number of aliphatic carboxylic acids is 1. The fourth-order valence-corrected chi connectivity index (χ4v) is 1.72. The van der Waals surface area contributed by atoms with Crippen LogP contribution in [0.5, 0.6) is 0 Å². The molecule has 0 fully saturated rings. The molecule has 17 heavy (non-hydrogen) atoms. The van der Waals surface area contributed by atoms with Crippen molar-refractivity contribution in [1.82, 2.24) is 0 Å². The molecule has 0 aromatic rings. The van der Waals surface area contributed by atoms with E-state index in [4.69, 9.17) is 5.11 Å². The molecule has 0 amide bonds. The smallest absolute Gasteiger partial charge is 0.177 e. The van der Waals surface area contributed by atoms with Gasteiger partial charge in [0.15, 0.2) is 11.4 Å². The van der Waals surface area contributed by atoms with Crippen molar-refractivity contribution in [2.45, 2.75) is 31.5 Å². The first-order valence-electron chi connectivity index (χ1n) is 5.40. The molecule has 0 bridgehead atoms. The molecule has 0 rings (SSSR count). The zero-order chi connectivity index (χ0) is 13.9. The highest BCUT2D eigenvalue weighted by Gasteiger charge is 2.41. The molecule has 6 heteroatoms. The monoisotopic (exact) mass is 247 g/mol. The van der Waals surface area contributed by atoms with E-state index >= 15 is 0 Å². The molecule has 0 aliphatic rings. The maximum Gasteiger partial charge on any atom is 0.177 e. The van der Waals surface area contributed by atoms with E-state index in [1.54, 1.807) is 21.1 Å². The van der Waals surface area contributed by atoms with Crippen molar-refractivity contribution in [2.75, 3.05) is 27.7 Å². The predicted molar refractivity (Wildman–Crippen MR) is 58.8 cm³/mol. The lowest BCUT2D eigenvalue weighted by Crippen LogP contribution is -2.56. The zero-order valence-electron chi connectivity index (χ0n) is 10.8. The third kappa shape index (κ3) is 6.35. The highest BCUT2D eigenvalue weighted by Crippen LogP contribution is 2.18. The number of aliphatic hydroxyl groups is 2. The number of carboxylic acid groups (broad SMARTS) is 1. The summed E-state index contributed by atoms with van der Waals surface area (Å²) >= 11 is 0. The number of hydrogen-bond acceptors (Lipinski definition) is 5. The molecule has 100 valence electrons. The van der Waals surface area contributed by atoms with Crippen molar-refractivity contribution in [2.24, 2.45) is 0 Å². The van der Waals surface area contributed by atoms with Gasteiger partial charge in [0, 0.05) is 18.8 Å². The highest BCUT2D eigenvalue weighted by atomic mass is 16.4. The number of carbonyl (C=O) groups excluding carboxylic acids is 2. The van der Waals surface area contributed by atoms with Crippen LogP contribution in [-0.2, 0) is 9.59 Å². The summed E-state index contributed by atoms with van der Waals surface area (Å²) in [6, 6.07) is 0. The van der Waals surface area contributed by atoms with E-state index in [-0.39, 0.29) is 17.4 Å². The number of carbonyl (C=O) groups is 2. The van der Waals surface area contributed by atoms with Gasteiger partial charge in [0.05, 0.1) is 27.2 Å². The number of likely N-dealkylation sites (N-methyl/N-ethyl adjacent to an activating group) is 1. The second kappa shape index (κ2) is 5.57. The minimum atomic E-state index is -1.99. The van der Waals surface area contributed by atoms with Crippen LogP contribution in [0.4, 0.5) is 0 Å². The standard InChI is InChI=1S/C11H21NO5/c1-8(13)5-9(14)11(17,6-10(15)16)7-12(2,3)4/h8,13,17H,5-7H2,1-4H3. The summed E-state index contributed by atoms with van der Waals surface area (Å²) in [7, 11) is 5.20. The number of rotatable bonds is 7. The molecule has 0 spiro atoms. The Kier molecular flexibility index (Phi) is 5.25. The molecule has 2 unspecified atom stereocenters. The van der Waals surface area contributed by atoms with Crippen molar-refractivity contribution in [3.05, 3.63) is 0 Å². The van der Waals surface area contributed by atoms with Gasteiger partial charge in [-0.3, -0.25) is 4.79 Å². The Hall–Kier alpha value is -0.980. The van der Waals surface area contributed by atoms with Gasteiger partial charge in [-0.1, -0.05) is 0 Å². The van der Waals surface area contributed by atoms with Gasteiger partial charge >= 0.3 is 0 Å². The molecule has 6 nitrogen and oxygen atoms in total. The highest BCUT2D eigenvalue weighted by molar-refractivity contribution is 5.90. The lowest BCUT2D eigenvalue weighted by atomic mass is 9.90. The van der Waals surface area contributed by atoms with E-state index in [0.29, 0.717) is 0 Å². The molecule has 0 saturated heterocycles. The molecule has 0 radical (unpaired) electrons. The minimum Gasteiger partial charge on any atom is -0.550 e. The first-order valence-corrected chi connectivity index (χ1v) is 5.40. The quantitative estimate of drug-likeness (QED) is 0.502. The van der Waals surface area contributed by atoms with Gasteiger partial charge in [0.1, 0.15) is 6.54 Å². The average Bonchev–Trinajstić information content (AvgIpc) is 1.96. The van der Waals surface area contributed by atoms with Crippen molar-refractivity contribution in [3.63, 3.8) is 0 Å². The SMILES string of the molecule is CC(O)CC(=O)C(O)(CC(=O)[O-])C[N+](C)(C)C. The van der Waals surface area contributed by atoms with Gasteiger partial charge in [0.25, 0.3) is 0 Å². The average molecular weight is 247 g/mol. The van der Waals surface area contributed by atoms with Crippen molar-refractivity contribution < 1.29 is 29.4 Å². The normalized spacial score (nSPS) is 17.3. The van der Waals surface area contributed by atoms with E-state index in [2.05, 4.69) is 0 Å². The van der Waals surface area contributed by atoms with Gasteiger partial charge in [0.2, 0.25) is 0 Å². The molecular weight excluding hydrogens is 226 g/mol. The fraction of sp³-hybridized carbons (Fsp3) is 0.818. The largest absolute Gasteiger partial charge is 0.550 e. The molecule has 0 aliphatic carbocycles. The van der Waals surface area contributed by atoms with Crippen LogP contribution < -0.4 is 5.11 Å². The van der Waals surface area contributed by atoms with Crippen LogP contribution in [0, 0.1) is 0 Å². The Balaban J connectivity index is 4.96. The molecule has 2 N–H and O–H groups in total. The maximum atomic E-state index is 11.8. The Labute approximate surface area is 101 Å². The second-order valence-electron chi connectivity index (χ2n) is 5.51. The number of carboxylic acids is 1. The molecule has 0 heterocycles. The van der Waals surface area contributed by atoms with Crippen LogP contribution in [0.15, 0.2) is 0 Å². The molecule has 0 aromatic heterocycles. The fourth-order valence-electron chi connectivity index (χ4n) is 1.72. The second-order valence-corrected chi connectivity index (χ2v) is 5.51. The third-order valence-corrected chi connectivity index (χ3v) is 2.17. The summed E-state index contributed by atoms with van der Waals surface area (Å²) in [5, 5.41) is 29.9. The van der Waals surface area contributed by atoms with E-state index in [0.717, 1.165) is 0 Å². The zero-order valence-corrected chi connectivity index (χ0v) is 10.8. The van der Waals surface area contributed by atoms with Gasteiger partial charge < -0.3 is 24.6 Å². The Morgan fingerprint density at radius 1 is 1.35 bits per heavy atom. The Morgan fingerprint density at radius 3 is 2.12 bits per heavy atom. The topological polar surface area (TPSA) is 97.7 Å². The van der Waals surface area contributed by atoms with Crippen LogP contribution in [-0.4, -0.2) is 65.8 Å². The number of nitrogens with zero attached hydrogens (tertiary/aromatic N) is 1. The van der Waals surface area contributed by atoms with Crippen molar-refractivity contribution in [1.29, 1.82) is 0 Å². The number of Topliss-reactive ketones (excluding diaryl/α,β-unsaturated/α-hetero) is 1. The summed E-state index contributed by atoms with van der Waals surface area (Å²) in [5.74, 6) is -2.16. The number of ketones is 1. The Morgan fingerprint density at radius 2 is 1.82 bits per heavy atom. The van der Waals surface area contributed by atoms with E-state index in [1.807, 2.05) is 0 Å². The van der Waals surface area contributed by atoms with E-state index < -0.39 is 29.9 Å². The molecule has 0 aliphatic heterocycles. The van der Waals surface area contributed by atoms with Crippen LogP contribution in [0.1, 0.15) is 19.8 Å². The van der Waals surface area contributed by atoms with Crippen LogP contribution >= 0.6 is 0 Å². The summed E-state index contributed by atoms with van der Waals surface area (Å²) in [6.45, 7) is 1.36. The van der Waals surface area contributed by atoms with E-state index in [9.17, 15) is 19.8 Å². The van der Waals surface area contributed by atoms with Crippen LogP contribution in [0.25, 0.3) is 0 Å². The molecule has 2 atom stereocenters. The number of hydrogen-bond donors (Lipinski definition) is 2. The molecule has 0 aromatic carbocycles. The van der Waals surface area contributed by atoms with E-state index in [1.165, 1.54) is 6.92 Å². The van der Waals surface area contributed by atoms with Crippen LogP contribution in [0.2, 0.25) is 0 Å². The number of quaternary nitrogens is 1. The van der Waals surface area contributed by atoms with Crippen molar-refractivity contribution >= 4 is 11.8 Å². The maximum absolute atomic E-state index is 11.8. The van der Waals surface area contributed by atoms with Gasteiger partial charge in [-0.05, 0) is 6.92 Å². The summed E-state index contributed by atoms with van der Waals surface area (Å²) < 4.78 is 0.231. The van der Waals surface area contributed by atoms with Gasteiger partial charge in [-0.15, -0.1) is 0 Å². The third-order valence-electron chi connectivity index (χ3n) is 2.17. The molecule has 0 saturated carbocycles. The summed E-state index contributed by atoms with van der Waals surface area (Å²) in [4.78, 5) is 22.4. The number of aliphatic hydroxyl groups excluding tert-OH is 1. The first-order chi connectivity index (χ1) is 7.46. The lowest BCUT2D eigenvalue weighted by molar-refractivity contribution is -0.875. The Bertz CT molecular complexity index is 295. The first kappa shape index (κ1) is 16.0. The van der Waals surface area contributed by atoms with Gasteiger partial charge in [-0.25, -0.2) is 0 Å². The summed E-state index contributed by atoms with van der Waals surface area (Å²) in [5.41, 5.74) is -1.99. The van der Waals surface area contributed by atoms with Crippen LogP contribution in [0.3, 0.4) is 0 Å². The predicted octanol–water partition coefficient (Wildman–Crippen LogP) is -2.10. The lowest BCUT2D eigenvalue weighted by Gasteiger charge is -2.35. The van der Waals surface area contributed by atoms with Crippen molar-refractivity contribution in [3.8, 4) is 0 Å². The molecular formula is C11H21NO5. The summed E-state index contributed by atoms with van der Waals surface area (Å²) in [6.07, 6.45) is -1.94. The van der Waals surface area contributed by atoms with Gasteiger partial charge in [-0.2, -0.15) is 0 Å².